The summed E-state index contributed by atoms with van der Waals surface area (Å²) in [4.78, 5) is 12.0. The van der Waals surface area contributed by atoms with Crippen LogP contribution < -0.4 is 11.1 Å². The van der Waals surface area contributed by atoms with Crippen LogP contribution in [0.15, 0.2) is 0 Å². The molecule has 3 nitrogen and oxygen atoms in total. The van der Waals surface area contributed by atoms with E-state index < -0.39 is 0 Å². The van der Waals surface area contributed by atoms with Crippen LogP contribution in [0.25, 0.3) is 0 Å². The van der Waals surface area contributed by atoms with E-state index >= 15 is 0 Å². The number of nitrogens with two attached hydrogens (primary N) is 1. The highest BCUT2D eigenvalue weighted by atomic mass is 32.2. The molecule has 0 aromatic rings. The molecule has 4 heteroatoms. The van der Waals surface area contributed by atoms with Crippen molar-refractivity contribution in [2.75, 3.05) is 18.8 Å². The van der Waals surface area contributed by atoms with Crippen LogP contribution in [0.5, 0.6) is 0 Å². The molecular formula is C13H26N2OS. The van der Waals surface area contributed by atoms with Gasteiger partial charge in [-0.1, -0.05) is 27.2 Å². The molecule has 1 aliphatic carbocycles. The first-order valence-corrected chi connectivity index (χ1v) is 7.54. The number of nitrogens with one attached hydrogen (secondary N) is 1. The first-order valence-electron chi connectivity index (χ1n) is 6.56. The Morgan fingerprint density at radius 2 is 2.12 bits per heavy atom. The van der Waals surface area contributed by atoms with E-state index in [1.54, 1.807) is 0 Å². The lowest BCUT2D eigenvalue weighted by molar-refractivity contribution is -0.125. The molecule has 1 saturated carbocycles. The second-order valence-corrected chi connectivity index (χ2v) is 7.71. The summed E-state index contributed by atoms with van der Waals surface area (Å²) in [6, 6.07) is 0. The molecular weight excluding hydrogens is 232 g/mol. The Balaban J connectivity index is 2.21. The average molecular weight is 258 g/mol. The van der Waals surface area contributed by atoms with E-state index in [1.165, 1.54) is 0 Å². The van der Waals surface area contributed by atoms with Gasteiger partial charge in [0.2, 0.25) is 5.91 Å². The highest BCUT2D eigenvalue weighted by molar-refractivity contribution is 8.00. The summed E-state index contributed by atoms with van der Waals surface area (Å²) in [5.41, 5.74) is 5.69. The van der Waals surface area contributed by atoms with Gasteiger partial charge >= 0.3 is 0 Å². The predicted molar refractivity (Wildman–Crippen MR) is 75.1 cm³/mol. The molecule has 0 saturated heterocycles. The number of thioether (sulfide) groups is 1. The van der Waals surface area contributed by atoms with Crippen molar-refractivity contribution in [2.24, 2.45) is 17.6 Å². The molecule has 0 unspecified atom stereocenters. The zero-order chi connectivity index (χ0) is 12.9. The maximum absolute atomic E-state index is 12.0. The van der Waals surface area contributed by atoms with Crippen LogP contribution in [0, 0.1) is 11.8 Å². The van der Waals surface area contributed by atoms with Crippen molar-refractivity contribution in [1.29, 1.82) is 0 Å². The zero-order valence-electron chi connectivity index (χ0n) is 11.3. The second kappa shape index (κ2) is 6.64. The molecule has 0 aliphatic heterocycles. The van der Waals surface area contributed by atoms with E-state index in [9.17, 15) is 4.79 Å². The van der Waals surface area contributed by atoms with Crippen LogP contribution in [-0.2, 0) is 4.79 Å². The minimum absolute atomic E-state index is 0.166. The number of amides is 1. The molecule has 1 amide bonds. The molecule has 2 atom stereocenters. The number of carbonyl (C=O) groups is 1. The first kappa shape index (κ1) is 14.8. The van der Waals surface area contributed by atoms with E-state index in [2.05, 4.69) is 26.1 Å². The Morgan fingerprint density at radius 3 is 2.71 bits per heavy atom. The van der Waals surface area contributed by atoms with Crippen LogP contribution in [0.3, 0.4) is 0 Å². The zero-order valence-corrected chi connectivity index (χ0v) is 12.1. The Morgan fingerprint density at radius 1 is 1.41 bits per heavy atom. The summed E-state index contributed by atoms with van der Waals surface area (Å²) in [5, 5.41) is 3.05. The first-order chi connectivity index (χ1) is 7.94. The third-order valence-electron chi connectivity index (χ3n) is 3.23. The minimum Gasteiger partial charge on any atom is -0.355 e. The molecule has 0 heterocycles. The molecule has 1 rings (SSSR count). The quantitative estimate of drug-likeness (QED) is 0.742. The molecule has 1 fully saturated rings. The van der Waals surface area contributed by atoms with Gasteiger partial charge in [-0.25, -0.2) is 0 Å². The van der Waals surface area contributed by atoms with E-state index in [0.717, 1.165) is 31.6 Å². The maximum Gasteiger partial charge on any atom is 0.223 e. The maximum atomic E-state index is 12.0. The lowest BCUT2D eigenvalue weighted by Gasteiger charge is -2.19. The molecule has 1 aliphatic rings. The molecule has 100 valence electrons. The van der Waals surface area contributed by atoms with Gasteiger partial charge < -0.3 is 11.1 Å². The van der Waals surface area contributed by atoms with Gasteiger partial charge in [0.25, 0.3) is 0 Å². The fourth-order valence-corrected chi connectivity index (χ4v) is 3.14. The van der Waals surface area contributed by atoms with Crippen LogP contribution in [0.2, 0.25) is 0 Å². The Hall–Kier alpha value is -0.220. The van der Waals surface area contributed by atoms with E-state index in [-0.39, 0.29) is 16.6 Å². The minimum atomic E-state index is 0.166. The summed E-state index contributed by atoms with van der Waals surface area (Å²) in [6.07, 6.45) is 3.28. The van der Waals surface area contributed by atoms with Crippen molar-refractivity contribution in [3.8, 4) is 0 Å². The molecule has 3 N–H and O–H groups in total. The van der Waals surface area contributed by atoms with Crippen molar-refractivity contribution in [3.05, 3.63) is 0 Å². The second-order valence-electron chi connectivity index (χ2n) is 5.79. The van der Waals surface area contributed by atoms with Gasteiger partial charge in [-0.3, -0.25) is 4.79 Å². The van der Waals surface area contributed by atoms with Crippen molar-refractivity contribution < 1.29 is 4.79 Å². The smallest absolute Gasteiger partial charge is 0.223 e. The van der Waals surface area contributed by atoms with Crippen LogP contribution in [-0.4, -0.2) is 29.5 Å². The summed E-state index contributed by atoms with van der Waals surface area (Å²) >= 11 is 1.89. The number of rotatable bonds is 5. The molecule has 0 bridgehead atoms. The number of hydrogen-bond acceptors (Lipinski definition) is 3. The van der Waals surface area contributed by atoms with Gasteiger partial charge in [0.1, 0.15) is 0 Å². The van der Waals surface area contributed by atoms with Gasteiger partial charge in [-0.15, -0.1) is 0 Å². The summed E-state index contributed by atoms with van der Waals surface area (Å²) in [5.74, 6) is 1.77. The van der Waals surface area contributed by atoms with E-state index in [1.807, 2.05) is 11.8 Å². The fourth-order valence-electron chi connectivity index (χ4n) is 2.33. The van der Waals surface area contributed by atoms with Gasteiger partial charge in [-0.2, -0.15) is 11.8 Å². The van der Waals surface area contributed by atoms with Crippen LogP contribution >= 0.6 is 11.8 Å². The van der Waals surface area contributed by atoms with Crippen molar-refractivity contribution in [1.82, 2.24) is 5.32 Å². The summed E-state index contributed by atoms with van der Waals surface area (Å²) < 4.78 is 0.276. The van der Waals surface area contributed by atoms with Gasteiger partial charge in [-0.05, 0) is 25.3 Å². The third kappa shape index (κ3) is 5.30. The highest BCUT2D eigenvalue weighted by Crippen LogP contribution is 2.31. The third-order valence-corrected chi connectivity index (χ3v) is 4.51. The number of hydrogen-bond donors (Lipinski definition) is 2. The van der Waals surface area contributed by atoms with Crippen LogP contribution in [0.1, 0.15) is 40.0 Å². The molecule has 17 heavy (non-hydrogen) atoms. The molecule has 0 spiro atoms. The lowest BCUT2D eigenvalue weighted by Crippen LogP contribution is -2.36. The lowest BCUT2D eigenvalue weighted by atomic mass is 9.95. The SMILES string of the molecule is CC(C)(C)SCCNC(=O)[C@@H]1CCC[C@@H]1CN. The van der Waals surface area contributed by atoms with Crippen molar-refractivity contribution >= 4 is 17.7 Å². The topological polar surface area (TPSA) is 55.1 Å². The number of carbonyl (C=O) groups excluding carboxylic acids is 1. The molecule has 0 aromatic carbocycles. The molecule has 0 radical (unpaired) electrons. The predicted octanol–water partition coefficient (Wildman–Crippen LogP) is 2.01. The van der Waals surface area contributed by atoms with Crippen LogP contribution in [0.4, 0.5) is 0 Å². The van der Waals surface area contributed by atoms with Gasteiger partial charge in [0.15, 0.2) is 0 Å². The fraction of sp³-hybridized carbons (Fsp3) is 0.923. The largest absolute Gasteiger partial charge is 0.355 e. The molecule has 0 aromatic heterocycles. The van der Waals surface area contributed by atoms with E-state index in [0.29, 0.717) is 12.5 Å². The Labute approximate surface area is 109 Å². The highest BCUT2D eigenvalue weighted by Gasteiger charge is 2.31. The normalized spacial score (nSPS) is 24.9. The standard InChI is InChI=1S/C13H26N2OS/c1-13(2,3)17-8-7-15-12(16)11-6-4-5-10(11)9-14/h10-11H,4-9,14H2,1-3H3,(H,15,16)/t10-,11-/m1/s1. The van der Waals surface area contributed by atoms with E-state index in [4.69, 9.17) is 5.73 Å². The Kier molecular flexibility index (Phi) is 5.80. The summed E-state index contributed by atoms with van der Waals surface area (Å²) in [7, 11) is 0. The Bertz CT molecular complexity index is 250. The monoisotopic (exact) mass is 258 g/mol. The van der Waals surface area contributed by atoms with Gasteiger partial charge in [0.05, 0.1) is 0 Å². The summed E-state index contributed by atoms with van der Waals surface area (Å²) in [6.45, 7) is 8.01. The van der Waals surface area contributed by atoms with Crippen molar-refractivity contribution in [2.45, 2.75) is 44.8 Å². The average Bonchev–Trinajstić information content (AvgIpc) is 2.70. The van der Waals surface area contributed by atoms with Gasteiger partial charge in [0, 0.05) is 23.0 Å². The van der Waals surface area contributed by atoms with Crippen molar-refractivity contribution in [3.63, 3.8) is 0 Å².